The largest absolute Gasteiger partial charge is 0.327 e. The second-order valence-electron chi connectivity index (χ2n) is 6.52. The molecule has 0 aliphatic rings. The minimum absolute atomic E-state index is 0.0217. The van der Waals surface area contributed by atoms with Crippen molar-refractivity contribution in [2.45, 2.75) is 25.3 Å². The topological polar surface area (TPSA) is 26.0 Å². The summed E-state index contributed by atoms with van der Waals surface area (Å²) in [7, 11) is 0. The molecule has 2 N–H and O–H groups in total. The van der Waals surface area contributed by atoms with Crippen molar-refractivity contribution in [3.05, 3.63) is 93.7 Å². The van der Waals surface area contributed by atoms with Crippen LogP contribution in [0.2, 0.25) is 10.0 Å². The summed E-state index contributed by atoms with van der Waals surface area (Å²) in [6, 6.07) is 20.3. The Bertz CT molecular complexity index is 894. The van der Waals surface area contributed by atoms with Crippen molar-refractivity contribution >= 4 is 23.2 Å². The highest BCUT2D eigenvalue weighted by Crippen LogP contribution is 2.31. The van der Waals surface area contributed by atoms with E-state index in [1.807, 2.05) is 61.5 Å². The van der Waals surface area contributed by atoms with Gasteiger partial charge in [0, 0.05) is 17.5 Å². The maximum atomic E-state index is 14.7. The van der Waals surface area contributed by atoms with Crippen molar-refractivity contribution < 1.29 is 4.39 Å². The van der Waals surface area contributed by atoms with E-state index >= 15 is 0 Å². The maximum Gasteiger partial charge on any atom is 0.131 e. The molecule has 0 fully saturated rings. The van der Waals surface area contributed by atoms with Crippen LogP contribution < -0.4 is 5.73 Å². The zero-order valence-electron chi connectivity index (χ0n) is 14.4. The van der Waals surface area contributed by atoms with Gasteiger partial charge >= 0.3 is 0 Å². The lowest BCUT2D eigenvalue weighted by Gasteiger charge is -2.22. The van der Waals surface area contributed by atoms with Crippen molar-refractivity contribution in [2.24, 2.45) is 5.73 Å². The molecule has 0 aromatic heterocycles. The fraction of sp³-hybridized carbons (Fsp3) is 0.182. The number of halogens is 3. The van der Waals surface area contributed by atoms with Gasteiger partial charge in [0.15, 0.2) is 0 Å². The highest BCUT2D eigenvalue weighted by atomic mass is 35.5. The minimum Gasteiger partial charge on any atom is -0.327 e. The molecule has 2 unspecified atom stereocenters. The lowest BCUT2D eigenvalue weighted by atomic mass is 9.86. The van der Waals surface area contributed by atoms with Crippen molar-refractivity contribution in [3.8, 4) is 11.1 Å². The van der Waals surface area contributed by atoms with Gasteiger partial charge in [-0.3, -0.25) is 0 Å². The Morgan fingerprint density at radius 3 is 2.27 bits per heavy atom. The van der Waals surface area contributed by atoms with E-state index in [2.05, 4.69) is 0 Å². The van der Waals surface area contributed by atoms with Crippen molar-refractivity contribution in [3.63, 3.8) is 0 Å². The first-order chi connectivity index (χ1) is 12.5. The molecule has 0 saturated heterocycles. The summed E-state index contributed by atoms with van der Waals surface area (Å²) in [5.74, 6) is -0.264. The van der Waals surface area contributed by atoms with Crippen LogP contribution in [0, 0.1) is 5.82 Å². The zero-order chi connectivity index (χ0) is 18.7. The summed E-state index contributed by atoms with van der Waals surface area (Å²) in [6.45, 7) is 1.94. The molecule has 0 radical (unpaired) electrons. The van der Waals surface area contributed by atoms with E-state index in [0.717, 1.165) is 16.7 Å². The van der Waals surface area contributed by atoms with Gasteiger partial charge in [0.1, 0.15) is 5.82 Å². The number of hydrogen-bond donors (Lipinski definition) is 1. The maximum absolute atomic E-state index is 14.7. The smallest absolute Gasteiger partial charge is 0.131 e. The van der Waals surface area contributed by atoms with Crippen LogP contribution in [-0.2, 0) is 6.42 Å². The average Bonchev–Trinajstić information content (AvgIpc) is 2.63. The summed E-state index contributed by atoms with van der Waals surface area (Å²) in [4.78, 5) is 0. The van der Waals surface area contributed by atoms with Crippen LogP contribution in [0.25, 0.3) is 11.1 Å². The van der Waals surface area contributed by atoms with Crippen LogP contribution in [0.4, 0.5) is 4.39 Å². The third kappa shape index (κ3) is 4.27. The Kier molecular flexibility index (Phi) is 5.98. The Morgan fingerprint density at radius 2 is 1.65 bits per heavy atom. The second-order valence-corrected chi connectivity index (χ2v) is 7.34. The van der Waals surface area contributed by atoms with Crippen molar-refractivity contribution in [2.75, 3.05) is 0 Å². The number of benzene rings is 3. The molecule has 2 atom stereocenters. The average molecular weight is 388 g/mol. The van der Waals surface area contributed by atoms with Gasteiger partial charge in [-0.1, -0.05) is 71.7 Å². The first-order valence-electron chi connectivity index (χ1n) is 8.50. The predicted molar refractivity (Wildman–Crippen MR) is 108 cm³/mol. The van der Waals surface area contributed by atoms with Crippen LogP contribution in [0.1, 0.15) is 24.0 Å². The van der Waals surface area contributed by atoms with Gasteiger partial charge < -0.3 is 5.73 Å². The Balaban J connectivity index is 1.91. The highest BCUT2D eigenvalue weighted by Gasteiger charge is 2.19. The second kappa shape index (κ2) is 8.22. The molecular formula is C22H20Cl2FN. The first kappa shape index (κ1) is 18.9. The van der Waals surface area contributed by atoms with Gasteiger partial charge in [0.25, 0.3) is 0 Å². The molecule has 0 aliphatic heterocycles. The molecule has 3 aromatic rings. The predicted octanol–water partition coefficient (Wildman–Crippen LogP) is 6.47. The van der Waals surface area contributed by atoms with E-state index in [-0.39, 0.29) is 17.8 Å². The molecule has 0 heterocycles. The standard InChI is InChI=1S/C22H20Cl2FN/c1-14(26)19(11-15-7-10-20(23)21(24)12-15)17-8-9-18(22(25)13-17)16-5-3-2-4-6-16/h2-10,12-14,19H,11,26H2,1H3. The molecule has 0 spiro atoms. The van der Waals surface area contributed by atoms with E-state index in [1.54, 1.807) is 12.1 Å². The van der Waals surface area contributed by atoms with Gasteiger partial charge in [-0.05, 0) is 48.2 Å². The third-order valence-corrected chi connectivity index (χ3v) is 5.32. The Hall–Kier alpha value is -1.87. The van der Waals surface area contributed by atoms with Crippen molar-refractivity contribution in [1.82, 2.24) is 0 Å². The summed E-state index contributed by atoms with van der Waals surface area (Å²) in [5, 5.41) is 1.03. The summed E-state index contributed by atoms with van der Waals surface area (Å²) in [6.07, 6.45) is 0.665. The van der Waals surface area contributed by atoms with Crippen LogP contribution in [0.5, 0.6) is 0 Å². The van der Waals surface area contributed by atoms with Crippen LogP contribution in [0.3, 0.4) is 0 Å². The summed E-state index contributed by atoms with van der Waals surface area (Å²) in [5.41, 5.74) is 9.55. The lowest BCUT2D eigenvalue weighted by molar-refractivity contribution is 0.557. The van der Waals surface area contributed by atoms with Gasteiger partial charge in [-0.25, -0.2) is 4.39 Å². The van der Waals surface area contributed by atoms with Gasteiger partial charge in [0.05, 0.1) is 10.0 Å². The van der Waals surface area contributed by atoms with E-state index in [4.69, 9.17) is 28.9 Å². The molecule has 0 saturated carbocycles. The van der Waals surface area contributed by atoms with E-state index in [1.165, 1.54) is 0 Å². The van der Waals surface area contributed by atoms with Gasteiger partial charge in [-0.2, -0.15) is 0 Å². The molecule has 4 heteroatoms. The van der Waals surface area contributed by atoms with Crippen LogP contribution in [0.15, 0.2) is 66.7 Å². The lowest BCUT2D eigenvalue weighted by Crippen LogP contribution is -2.26. The molecule has 0 amide bonds. The molecule has 26 heavy (non-hydrogen) atoms. The fourth-order valence-electron chi connectivity index (χ4n) is 3.14. The normalized spacial score (nSPS) is 13.4. The van der Waals surface area contributed by atoms with Gasteiger partial charge in [-0.15, -0.1) is 0 Å². The first-order valence-corrected chi connectivity index (χ1v) is 9.25. The number of hydrogen-bond acceptors (Lipinski definition) is 1. The molecule has 0 aliphatic carbocycles. The van der Waals surface area contributed by atoms with E-state index < -0.39 is 0 Å². The summed E-state index contributed by atoms with van der Waals surface area (Å²) < 4.78 is 14.7. The molecule has 0 bridgehead atoms. The van der Waals surface area contributed by atoms with Crippen molar-refractivity contribution in [1.29, 1.82) is 0 Å². The molecule has 134 valence electrons. The summed E-state index contributed by atoms with van der Waals surface area (Å²) >= 11 is 12.1. The quantitative estimate of drug-likeness (QED) is 0.532. The third-order valence-electron chi connectivity index (χ3n) is 4.58. The van der Waals surface area contributed by atoms with Gasteiger partial charge in [0.2, 0.25) is 0 Å². The molecule has 3 aromatic carbocycles. The SMILES string of the molecule is CC(N)C(Cc1ccc(Cl)c(Cl)c1)c1ccc(-c2ccccc2)c(F)c1. The molecule has 3 rings (SSSR count). The molecule has 1 nitrogen and oxygen atoms in total. The Morgan fingerprint density at radius 1 is 0.923 bits per heavy atom. The Labute approximate surface area is 163 Å². The fourth-order valence-corrected chi connectivity index (χ4v) is 3.46. The van der Waals surface area contributed by atoms with E-state index in [9.17, 15) is 4.39 Å². The number of nitrogens with two attached hydrogens (primary N) is 1. The monoisotopic (exact) mass is 387 g/mol. The highest BCUT2D eigenvalue weighted by molar-refractivity contribution is 6.42. The number of rotatable bonds is 5. The minimum atomic E-state index is -0.242. The molecular weight excluding hydrogens is 368 g/mol. The zero-order valence-corrected chi connectivity index (χ0v) is 15.9. The van der Waals surface area contributed by atoms with Crippen LogP contribution >= 0.6 is 23.2 Å². The van der Waals surface area contributed by atoms with E-state index in [0.29, 0.717) is 22.0 Å². The van der Waals surface area contributed by atoms with Crippen LogP contribution in [-0.4, -0.2) is 6.04 Å².